The van der Waals surface area contributed by atoms with Crippen LogP contribution >= 0.6 is 35.0 Å². The van der Waals surface area contributed by atoms with Gasteiger partial charge in [0.05, 0.1) is 10.1 Å². The number of amides is 1. The van der Waals surface area contributed by atoms with Gasteiger partial charge < -0.3 is 5.32 Å². The van der Waals surface area contributed by atoms with E-state index in [4.69, 9.17) is 23.2 Å². The normalized spacial score (nSPS) is 15.3. The fourth-order valence-corrected chi connectivity index (χ4v) is 2.47. The predicted molar refractivity (Wildman–Crippen MR) is 59.9 cm³/mol. The number of anilines is 1. The molecule has 5 heteroatoms. The summed E-state index contributed by atoms with van der Waals surface area (Å²) < 4.78 is 0.434. The van der Waals surface area contributed by atoms with Gasteiger partial charge in [-0.15, -0.1) is 0 Å². The molecule has 0 fully saturated rings. The first-order valence-electron chi connectivity index (χ1n) is 3.81. The predicted octanol–water partition coefficient (Wildman–Crippen LogP) is 3.46. The summed E-state index contributed by atoms with van der Waals surface area (Å²) in [6.07, 6.45) is 1.35. The number of carbonyl (C=O) groups excluding carboxylic acids is 1. The average Bonchev–Trinajstić information content (AvgIpc) is 2.21. The molecule has 1 amide bonds. The molecule has 2 nitrogen and oxygen atoms in total. The fourth-order valence-electron chi connectivity index (χ4n) is 1.09. The van der Waals surface area contributed by atoms with Gasteiger partial charge in [-0.1, -0.05) is 35.0 Å². The molecule has 0 unspecified atom stereocenters. The Morgan fingerprint density at radius 1 is 1.29 bits per heavy atom. The quantitative estimate of drug-likeness (QED) is 0.759. The minimum Gasteiger partial charge on any atom is -0.321 e. The number of thioether (sulfide) groups is 1. The third-order valence-corrected chi connectivity index (χ3v) is 3.10. The Bertz CT molecular complexity index is 431. The van der Waals surface area contributed by atoms with Gasteiger partial charge in [0, 0.05) is 16.0 Å². The highest BCUT2D eigenvalue weighted by Gasteiger charge is 2.13. The molecule has 0 saturated heterocycles. The van der Waals surface area contributed by atoms with Crippen molar-refractivity contribution in [2.45, 2.75) is 4.90 Å². The molecule has 0 atom stereocenters. The van der Waals surface area contributed by atoms with Gasteiger partial charge in [-0.05, 0) is 18.2 Å². The van der Waals surface area contributed by atoms with E-state index in [2.05, 4.69) is 5.32 Å². The highest BCUT2D eigenvalue weighted by atomic mass is 35.5. The maximum absolute atomic E-state index is 11.2. The molecule has 2 rings (SSSR count). The van der Waals surface area contributed by atoms with Gasteiger partial charge in [0.15, 0.2) is 0 Å². The summed E-state index contributed by atoms with van der Waals surface area (Å²) in [5.74, 6) is -0.219. The molecular weight excluding hydrogens is 241 g/mol. The Kier molecular flexibility index (Phi) is 2.72. The van der Waals surface area contributed by atoms with Gasteiger partial charge in [0.2, 0.25) is 5.91 Å². The molecule has 1 N–H and O–H groups in total. The van der Waals surface area contributed by atoms with Gasteiger partial charge >= 0.3 is 0 Å². The summed E-state index contributed by atoms with van der Waals surface area (Å²) >= 11 is 13.0. The summed E-state index contributed by atoms with van der Waals surface area (Å²) in [5.41, 5.74) is 0.733. The van der Waals surface area contributed by atoms with Crippen LogP contribution in [0, 0.1) is 0 Å². The monoisotopic (exact) mass is 245 g/mol. The third kappa shape index (κ3) is 2.05. The van der Waals surface area contributed by atoms with Crippen LogP contribution in [0.5, 0.6) is 0 Å². The third-order valence-electron chi connectivity index (χ3n) is 1.65. The lowest BCUT2D eigenvalue weighted by Crippen LogP contribution is -2.06. The topological polar surface area (TPSA) is 29.1 Å². The van der Waals surface area contributed by atoms with E-state index in [0.717, 1.165) is 10.6 Å². The number of fused-ring (bicyclic) bond motifs is 1. The zero-order valence-electron chi connectivity index (χ0n) is 6.88. The summed E-state index contributed by atoms with van der Waals surface area (Å²) in [7, 11) is 0. The molecule has 0 aliphatic carbocycles. The molecule has 0 saturated carbocycles. The first kappa shape index (κ1) is 9.90. The summed E-state index contributed by atoms with van der Waals surface area (Å²) in [6, 6.07) is 5.25. The minimum absolute atomic E-state index is 0.219. The van der Waals surface area contributed by atoms with Gasteiger partial charge in [-0.2, -0.15) is 0 Å². The summed E-state index contributed by atoms with van der Waals surface area (Å²) in [5, 5.41) is 3.32. The van der Waals surface area contributed by atoms with Crippen LogP contribution in [0.3, 0.4) is 0 Å². The second-order valence-corrected chi connectivity index (χ2v) is 4.83. The second kappa shape index (κ2) is 3.85. The molecule has 72 valence electrons. The number of rotatable bonds is 0. The van der Waals surface area contributed by atoms with Crippen molar-refractivity contribution in [2.75, 3.05) is 5.32 Å². The number of hydrogen-bond donors (Lipinski definition) is 1. The Labute approximate surface area is 95.3 Å². The maximum atomic E-state index is 11.2. The van der Waals surface area contributed by atoms with Crippen LogP contribution in [0.25, 0.3) is 0 Å². The van der Waals surface area contributed by atoms with Crippen molar-refractivity contribution in [3.8, 4) is 0 Å². The number of halogens is 2. The van der Waals surface area contributed by atoms with Crippen LogP contribution in [0.4, 0.5) is 5.69 Å². The van der Waals surface area contributed by atoms with E-state index < -0.39 is 0 Å². The van der Waals surface area contributed by atoms with Gasteiger partial charge in [-0.3, -0.25) is 4.79 Å². The van der Waals surface area contributed by atoms with Crippen molar-refractivity contribution in [1.82, 2.24) is 0 Å². The van der Waals surface area contributed by atoms with Crippen LogP contribution < -0.4 is 5.32 Å². The molecule has 1 aliphatic heterocycles. The number of carbonyl (C=O) groups is 1. The number of benzene rings is 1. The lowest BCUT2D eigenvalue weighted by molar-refractivity contribution is -0.111. The number of nitrogens with one attached hydrogen (secondary N) is 1. The van der Waals surface area contributed by atoms with Crippen LogP contribution in [-0.4, -0.2) is 5.91 Å². The zero-order valence-corrected chi connectivity index (χ0v) is 9.21. The SMILES string of the molecule is O=C1C=C(Cl)Sc2cc(Cl)ccc2N1. The Morgan fingerprint density at radius 3 is 2.86 bits per heavy atom. The standard InChI is InChI=1S/C9H5Cl2NOS/c10-5-1-2-6-7(3-5)14-8(11)4-9(13)12-6/h1-4H,(H,12,13). The van der Waals surface area contributed by atoms with Crippen molar-refractivity contribution in [1.29, 1.82) is 0 Å². The second-order valence-electron chi connectivity index (χ2n) is 2.68. The van der Waals surface area contributed by atoms with E-state index in [1.807, 2.05) is 0 Å². The summed E-state index contributed by atoms with van der Waals surface area (Å²) in [6.45, 7) is 0. The van der Waals surface area contributed by atoms with Crippen LogP contribution in [0.2, 0.25) is 5.02 Å². The minimum atomic E-state index is -0.219. The van der Waals surface area contributed by atoms with E-state index in [-0.39, 0.29) is 5.91 Å². The van der Waals surface area contributed by atoms with Crippen molar-refractivity contribution in [2.24, 2.45) is 0 Å². The van der Waals surface area contributed by atoms with Gasteiger partial charge in [0.1, 0.15) is 0 Å². The van der Waals surface area contributed by atoms with E-state index in [0.29, 0.717) is 9.39 Å². The van der Waals surface area contributed by atoms with Crippen molar-refractivity contribution in [3.63, 3.8) is 0 Å². The van der Waals surface area contributed by atoms with E-state index in [1.54, 1.807) is 18.2 Å². The lowest BCUT2D eigenvalue weighted by Gasteiger charge is -2.05. The zero-order chi connectivity index (χ0) is 10.1. The summed E-state index contributed by atoms with van der Waals surface area (Å²) in [4.78, 5) is 12.1. The van der Waals surface area contributed by atoms with Crippen LogP contribution in [0.1, 0.15) is 0 Å². The van der Waals surface area contributed by atoms with Crippen molar-refractivity contribution < 1.29 is 4.79 Å². The molecule has 1 aromatic carbocycles. The first-order chi connectivity index (χ1) is 6.65. The van der Waals surface area contributed by atoms with Crippen molar-refractivity contribution >= 4 is 46.6 Å². The molecule has 1 aromatic rings. The molecule has 0 spiro atoms. The molecule has 1 aliphatic rings. The Morgan fingerprint density at radius 2 is 2.07 bits per heavy atom. The highest BCUT2D eigenvalue weighted by molar-refractivity contribution is 8.04. The van der Waals surface area contributed by atoms with E-state index in [1.165, 1.54) is 17.8 Å². The maximum Gasteiger partial charge on any atom is 0.250 e. The molecule has 1 heterocycles. The number of hydrogen-bond acceptors (Lipinski definition) is 2. The first-order valence-corrected chi connectivity index (χ1v) is 5.38. The Balaban J connectivity index is 2.48. The van der Waals surface area contributed by atoms with Gasteiger partial charge in [0.25, 0.3) is 0 Å². The fraction of sp³-hybridized carbons (Fsp3) is 0. The molecule has 14 heavy (non-hydrogen) atoms. The largest absolute Gasteiger partial charge is 0.321 e. The van der Waals surface area contributed by atoms with Crippen LogP contribution in [-0.2, 0) is 4.79 Å². The van der Waals surface area contributed by atoms with Crippen LogP contribution in [0.15, 0.2) is 33.5 Å². The molecule has 0 radical (unpaired) electrons. The lowest BCUT2D eigenvalue weighted by atomic mass is 10.3. The molecular formula is C9H5Cl2NOS. The van der Waals surface area contributed by atoms with E-state index in [9.17, 15) is 4.79 Å². The Hall–Kier alpha value is -0.640. The van der Waals surface area contributed by atoms with Gasteiger partial charge in [-0.25, -0.2) is 0 Å². The van der Waals surface area contributed by atoms with Crippen molar-refractivity contribution in [3.05, 3.63) is 33.7 Å². The average molecular weight is 246 g/mol. The molecule has 0 aromatic heterocycles. The molecule has 0 bridgehead atoms. The van der Waals surface area contributed by atoms with E-state index >= 15 is 0 Å². The smallest absolute Gasteiger partial charge is 0.250 e. The highest BCUT2D eigenvalue weighted by Crippen LogP contribution is 2.38.